The second-order valence-corrected chi connectivity index (χ2v) is 5.49. The minimum Gasteiger partial charge on any atom is -0.507 e. The lowest BCUT2D eigenvalue weighted by Crippen LogP contribution is -2.12. The number of phenolic OH excluding ortho intramolecular Hbond substituents is 1. The molecule has 0 amide bonds. The van der Waals surface area contributed by atoms with E-state index in [9.17, 15) is 14.7 Å². The summed E-state index contributed by atoms with van der Waals surface area (Å²) >= 11 is 0. The summed E-state index contributed by atoms with van der Waals surface area (Å²) in [4.78, 5) is 26.8. The van der Waals surface area contributed by atoms with Gasteiger partial charge in [-0.05, 0) is 36.6 Å². The zero-order valence-electron chi connectivity index (χ0n) is 13.0. The van der Waals surface area contributed by atoms with Crippen molar-refractivity contribution < 1.29 is 19.4 Å². The number of carbonyl (C=O) groups is 2. The highest BCUT2D eigenvalue weighted by atomic mass is 16.6. The number of rotatable bonds is 5. The molecule has 0 bridgehead atoms. The summed E-state index contributed by atoms with van der Waals surface area (Å²) in [6.45, 7) is 0. The largest absolute Gasteiger partial charge is 0.507 e. The van der Waals surface area contributed by atoms with E-state index < -0.39 is 11.9 Å². The number of aromatic amines is 1. The molecule has 0 saturated heterocycles. The third-order valence-corrected chi connectivity index (χ3v) is 3.83. The molecule has 5 heteroatoms. The number of phenols is 1. The fourth-order valence-electron chi connectivity index (χ4n) is 2.62. The van der Waals surface area contributed by atoms with Gasteiger partial charge in [-0.1, -0.05) is 30.3 Å². The minimum absolute atomic E-state index is 0.0116. The first kappa shape index (κ1) is 15.8. The molecule has 0 aliphatic rings. The third kappa shape index (κ3) is 3.46. The highest BCUT2D eigenvalue weighted by molar-refractivity contribution is 5.98. The molecule has 0 atom stereocenters. The van der Waals surface area contributed by atoms with Gasteiger partial charge in [-0.3, -0.25) is 4.79 Å². The van der Waals surface area contributed by atoms with Crippen LogP contribution in [0.5, 0.6) is 5.75 Å². The number of hydrogen-bond donors (Lipinski definition) is 2. The molecular weight excluding hydrogens is 306 g/mol. The van der Waals surface area contributed by atoms with Crippen molar-refractivity contribution in [3.05, 3.63) is 65.9 Å². The van der Waals surface area contributed by atoms with Gasteiger partial charge in [-0.25, -0.2) is 4.79 Å². The van der Waals surface area contributed by atoms with Gasteiger partial charge in [0.15, 0.2) is 0 Å². The van der Waals surface area contributed by atoms with Crippen LogP contribution in [0.1, 0.15) is 28.8 Å². The Bertz CT molecular complexity index is 882. The molecule has 0 radical (unpaired) electrons. The number of esters is 2. The fraction of sp³-hybridized carbons (Fsp3) is 0.158. The number of aryl methyl sites for hydroxylation is 1. The van der Waals surface area contributed by atoms with Gasteiger partial charge in [0, 0.05) is 23.5 Å². The molecule has 1 heterocycles. The number of para-hydroxylation sites is 2. The molecule has 0 aliphatic heterocycles. The Balaban J connectivity index is 1.53. The van der Waals surface area contributed by atoms with E-state index in [1.807, 2.05) is 30.5 Å². The highest BCUT2D eigenvalue weighted by Gasteiger charge is 2.16. The van der Waals surface area contributed by atoms with Crippen molar-refractivity contribution in [2.75, 3.05) is 0 Å². The highest BCUT2D eigenvalue weighted by Crippen LogP contribution is 2.20. The van der Waals surface area contributed by atoms with Gasteiger partial charge < -0.3 is 14.8 Å². The van der Waals surface area contributed by atoms with Crippen molar-refractivity contribution >= 4 is 22.8 Å². The predicted octanol–water partition coefficient (Wildman–Crippen LogP) is 3.58. The van der Waals surface area contributed by atoms with Gasteiger partial charge in [0.1, 0.15) is 11.3 Å². The lowest BCUT2D eigenvalue weighted by Gasteiger charge is -2.04. The summed E-state index contributed by atoms with van der Waals surface area (Å²) in [6.07, 6.45) is 3.36. The zero-order valence-corrected chi connectivity index (χ0v) is 13.0. The van der Waals surface area contributed by atoms with Crippen LogP contribution in [-0.2, 0) is 16.0 Å². The number of aromatic hydroxyl groups is 1. The number of hydrogen-bond acceptors (Lipinski definition) is 4. The molecule has 0 spiro atoms. The normalized spacial score (nSPS) is 10.7. The lowest BCUT2D eigenvalue weighted by atomic mass is 10.1. The van der Waals surface area contributed by atoms with Gasteiger partial charge in [0.25, 0.3) is 0 Å². The summed E-state index contributed by atoms with van der Waals surface area (Å²) in [6, 6.07) is 13.9. The summed E-state index contributed by atoms with van der Waals surface area (Å²) in [5.74, 6) is -1.62. The fourth-order valence-corrected chi connectivity index (χ4v) is 2.62. The SMILES string of the molecule is O=C(CCCc1c[nH]c2ccccc12)OC(=O)c1ccccc1O. The maximum Gasteiger partial charge on any atom is 0.349 e. The Morgan fingerprint density at radius 2 is 1.79 bits per heavy atom. The molecule has 1 aromatic heterocycles. The van der Waals surface area contributed by atoms with Crippen molar-refractivity contribution in [3.8, 4) is 5.75 Å². The summed E-state index contributed by atoms with van der Waals surface area (Å²) < 4.78 is 4.78. The van der Waals surface area contributed by atoms with Gasteiger partial charge in [-0.2, -0.15) is 0 Å². The van der Waals surface area contributed by atoms with Gasteiger partial charge in [0.05, 0.1) is 0 Å². The number of nitrogens with one attached hydrogen (secondary N) is 1. The first-order valence-corrected chi connectivity index (χ1v) is 7.73. The Kier molecular flexibility index (Phi) is 4.61. The summed E-state index contributed by atoms with van der Waals surface area (Å²) in [7, 11) is 0. The van der Waals surface area contributed by atoms with Crippen LogP contribution < -0.4 is 0 Å². The molecule has 0 unspecified atom stereocenters. The van der Waals surface area contributed by atoms with Crippen molar-refractivity contribution in [2.45, 2.75) is 19.3 Å². The number of fused-ring (bicyclic) bond motifs is 1. The molecule has 2 aromatic carbocycles. The van der Waals surface area contributed by atoms with Crippen LogP contribution >= 0.6 is 0 Å². The lowest BCUT2D eigenvalue weighted by molar-refractivity contribution is -0.138. The number of benzene rings is 2. The number of aromatic nitrogens is 1. The third-order valence-electron chi connectivity index (χ3n) is 3.83. The van der Waals surface area contributed by atoms with Gasteiger partial charge in [0.2, 0.25) is 0 Å². The second-order valence-electron chi connectivity index (χ2n) is 5.49. The maximum absolute atomic E-state index is 11.8. The monoisotopic (exact) mass is 323 g/mol. The Morgan fingerprint density at radius 3 is 2.62 bits per heavy atom. The van der Waals surface area contributed by atoms with Crippen LogP contribution in [0.2, 0.25) is 0 Å². The van der Waals surface area contributed by atoms with Crippen LogP contribution in [0, 0.1) is 0 Å². The second kappa shape index (κ2) is 7.00. The Hall–Kier alpha value is -3.08. The van der Waals surface area contributed by atoms with Gasteiger partial charge in [-0.15, -0.1) is 0 Å². The Morgan fingerprint density at radius 1 is 1.04 bits per heavy atom. The van der Waals surface area contributed by atoms with E-state index >= 15 is 0 Å². The molecule has 24 heavy (non-hydrogen) atoms. The molecule has 2 N–H and O–H groups in total. The smallest absolute Gasteiger partial charge is 0.349 e. The molecule has 0 saturated carbocycles. The zero-order chi connectivity index (χ0) is 16.9. The van der Waals surface area contributed by atoms with Crippen LogP contribution in [0.15, 0.2) is 54.7 Å². The first-order valence-electron chi connectivity index (χ1n) is 7.73. The predicted molar refractivity (Wildman–Crippen MR) is 89.8 cm³/mol. The van der Waals surface area contributed by atoms with Crippen molar-refractivity contribution in [2.24, 2.45) is 0 Å². The average Bonchev–Trinajstić information content (AvgIpc) is 2.98. The molecule has 3 rings (SSSR count). The van der Waals surface area contributed by atoms with Crippen molar-refractivity contribution in [1.29, 1.82) is 0 Å². The van der Waals surface area contributed by atoms with Gasteiger partial charge >= 0.3 is 11.9 Å². The van der Waals surface area contributed by atoms with E-state index in [1.54, 1.807) is 12.1 Å². The van der Waals surface area contributed by atoms with E-state index in [2.05, 4.69) is 4.98 Å². The van der Waals surface area contributed by atoms with E-state index in [0.717, 1.165) is 16.5 Å². The molecular formula is C19H17NO4. The first-order chi connectivity index (χ1) is 11.6. The van der Waals surface area contributed by atoms with Crippen LogP contribution in [-0.4, -0.2) is 22.0 Å². The molecule has 122 valence electrons. The van der Waals surface area contributed by atoms with E-state index in [-0.39, 0.29) is 17.7 Å². The van der Waals surface area contributed by atoms with Crippen LogP contribution in [0.3, 0.4) is 0 Å². The maximum atomic E-state index is 11.8. The number of carbonyl (C=O) groups excluding carboxylic acids is 2. The quantitative estimate of drug-likeness (QED) is 0.555. The molecule has 5 nitrogen and oxygen atoms in total. The summed E-state index contributed by atoms with van der Waals surface area (Å²) in [5, 5.41) is 10.7. The van der Waals surface area contributed by atoms with Crippen LogP contribution in [0.25, 0.3) is 10.9 Å². The van der Waals surface area contributed by atoms with Crippen molar-refractivity contribution in [3.63, 3.8) is 0 Å². The topological polar surface area (TPSA) is 79.4 Å². The van der Waals surface area contributed by atoms with Crippen LogP contribution in [0.4, 0.5) is 0 Å². The Labute approximate surface area is 138 Å². The summed E-state index contributed by atoms with van der Waals surface area (Å²) in [5.41, 5.74) is 2.18. The standard InChI is InChI=1S/C19H17NO4/c21-17-10-4-2-8-15(17)19(23)24-18(22)11-5-6-13-12-20-16-9-3-1-7-14(13)16/h1-4,7-10,12,20-21H,5-6,11H2. The molecule has 0 fully saturated rings. The molecule has 0 aliphatic carbocycles. The van der Waals surface area contributed by atoms with E-state index in [0.29, 0.717) is 12.8 Å². The number of H-pyrrole nitrogens is 1. The average molecular weight is 323 g/mol. The molecule has 3 aromatic rings. The number of ether oxygens (including phenoxy) is 1. The van der Waals surface area contributed by atoms with E-state index in [4.69, 9.17) is 4.74 Å². The minimum atomic E-state index is -0.829. The van der Waals surface area contributed by atoms with E-state index in [1.165, 1.54) is 12.1 Å². The van der Waals surface area contributed by atoms with Crippen molar-refractivity contribution in [1.82, 2.24) is 4.98 Å².